The first-order valence-corrected chi connectivity index (χ1v) is 11.9. The summed E-state index contributed by atoms with van der Waals surface area (Å²) in [6, 6.07) is 6.70. The van der Waals surface area contributed by atoms with Gasteiger partial charge in [0.1, 0.15) is 11.4 Å². The van der Waals surface area contributed by atoms with Crippen molar-refractivity contribution in [3.05, 3.63) is 41.3 Å². The van der Waals surface area contributed by atoms with Crippen molar-refractivity contribution in [1.29, 1.82) is 0 Å². The maximum Gasteiger partial charge on any atom is 0.240 e. The predicted octanol–water partition coefficient (Wildman–Crippen LogP) is 4.50. The maximum atomic E-state index is 12.7. The van der Waals surface area contributed by atoms with Crippen LogP contribution in [0.25, 0.3) is 12.2 Å². The molecule has 0 aliphatic heterocycles. The topological polar surface area (TPSA) is 101 Å². The molecule has 1 aromatic carbocycles. The smallest absolute Gasteiger partial charge is 0.240 e. The summed E-state index contributed by atoms with van der Waals surface area (Å²) in [5, 5.41) is 6.68. The van der Waals surface area contributed by atoms with Crippen LogP contribution >= 0.6 is 0 Å². The number of anilines is 1. The Labute approximate surface area is 178 Å². The van der Waals surface area contributed by atoms with Gasteiger partial charge in [-0.05, 0) is 43.5 Å². The van der Waals surface area contributed by atoms with E-state index < -0.39 is 10.0 Å². The molecule has 1 saturated carbocycles. The lowest BCUT2D eigenvalue weighted by Crippen LogP contribution is -2.34. The van der Waals surface area contributed by atoms with Gasteiger partial charge in [-0.2, -0.15) is 0 Å². The van der Waals surface area contributed by atoms with Crippen molar-refractivity contribution in [2.75, 3.05) is 5.32 Å². The van der Waals surface area contributed by atoms with Crippen LogP contribution < -0.4 is 10.0 Å². The van der Waals surface area contributed by atoms with E-state index >= 15 is 0 Å². The summed E-state index contributed by atoms with van der Waals surface area (Å²) in [4.78, 5) is 11.9. The van der Waals surface area contributed by atoms with Gasteiger partial charge in [0.2, 0.25) is 15.9 Å². The number of hydrogen-bond donors (Lipinski definition) is 2. The Balaban J connectivity index is 1.69. The van der Waals surface area contributed by atoms with E-state index in [1.807, 2.05) is 0 Å². The molecule has 1 heterocycles. The van der Waals surface area contributed by atoms with Crippen molar-refractivity contribution in [1.82, 2.24) is 9.88 Å². The molecule has 7 nitrogen and oxygen atoms in total. The van der Waals surface area contributed by atoms with E-state index in [0.29, 0.717) is 23.6 Å². The van der Waals surface area contributed by atoms with Crippen LogP contribution in [0.1, 0.15) is 68.9 Å². The highest BCUT2D eigenvalue weighted by Crippen LogP contribution is 2.23. The van der Waals surface area contributed by atoms with Gasteiger partial charge < -0.3 is 9.84 Å². The van der Waals surface area contributed by atoms with Crippen LogP contribution in [-0.2, 0) is 14.8 Å². The highest BCUT2D eigenvalue weighted by Gasteiger charge is 2.21. The number of amides is 1. The van der Waals surface area contributed by atoms with Crippen molar-refractivity contribution < 1.29 is 17.7 Å². The van der Waals surface area contributed by atoms with E-state index in [1.165, 1.54) is 12.8 Å². The number of rotatable bonds is 7. The largest absolute Gasteiger partial charge is 0.354 e. The molecule has 3 rings (SSSR count). The van der Waals surface area contributed by atoms with Crippen molar-refractivity contribution in [2.45, 2.75) is 69.7 Å². The van der Waals surface area contributed by atoms with E-state index in [9.17, 15) is 13.2 Å². The SMILES string of the molecule is CCC(=O)Nc1c(C)noc1/C=C\c1ccc(S(=O)(=O)NC2CCCCCC2)cc1. The molecular formula is C22H29N3O4S. The van der Waals surface area contributed by atoms with Gasteiger partial charge in [0, 0.05) is 12.5 Å². The first kappa shape index (κ1) is 22.2. The fraction of sp³-hybridized carbons (Fsp3) is 0.455. The van der Waals surface area contributed by atoms with E-state index in [-0.39, 0.29) is 16.8 Å². The van der Waals surface area contributed by atoms with Crippen molar-refractivity contribution >= 4 is 33.8 Å². The van der Waals surface area contributed by atoms with Crippen molar-refractivity contribution in [3.63, 3.8) is 0 Å². The highest BCUT2D eigenvalue weighted by molar-refractivity contribution is 7.89. The quantitative estimate of drug-likeness (QED) is 0.629. The molecule has 0 atom stereocenters. The summed E-state index contributed by atoms with van der Waals surface area (Å²) in [5.41, 5.74) is 1.96. The molecule has 162 valence electrons. The Bertz CT molecular complexity index is 986. The normalized spacial score (nSPS) is 15.9. The molecule has 2 aromatic rings. The molecule has 1 aromatic heterocycles. The summed E-state index contributed by atoms with van der Waals surface area (Å²) in [6.07, 6.45) is 10.1. The number of carbonyl (C=O) groups is 1. The first-order chi connectivity index (χ1) is 14.4. The van der Waals surface area contributed by atoms with Gasteiger partial charge in [0.05, 0.1) is 4.90 Å². The minimum atomic E-state index is -3.53. The molecule has 1 amide bonds. The van der Waals surface area contributed by atoms with E-state index in [4.69, 9.17) is 4.52 Å². The molecule has 0 saturated heterocycles. The van der Waals surface area contributed by atoms with Crippen LogP contribution in [-0.4, -0.2) is 25.5 Å². The number of hydrogen-bond acceptors (Lipinski definition) is 5. The Morgan fingerprint density at radius 3 is 2.43 bits per heavy atom. The number of aryl methyl sites for hydroxylation is 1. The third-order valence-corrected chi connectivity index (χ3v) is 6.81. The second-order valence-electron chi connectivity index (χ2n) is 7.62. The summed E-state index contributed by atoms with van der Waals surface area (Å²) in [6.45, 7) is 3.53. The Morgan fingerprint density at radius 2 is 1.80 bits per heavy atom. The van der Waals surface area contributed by atoms with Crippen LogP contribution in [0.4, 0.5) is 5.69 Å². The number of nitrogens with zero attached hydrogens (tertiary/aromatic N) is 1. The van der Waals surface area contributed by atoms with Gasteiger partial charge in [0.15, 0.2) is 5.76 Å². The van der Waals surface area contributed by atoms with Gasteiger partial charge in [0.25, 0.3) is 0 Å². The number of carbonyl (C=O) groups excluding carboxylic acids is 1. The predicted molar refractivity (Wildman–Crippen MR) is 117 cm³/mol. The van der Waals surface area contributed by atoms with Crippen molar-refractivity contribution in [3.8, 4) is 0 Å². The molecule has 0 spiro atoms. The first-order valence-electron chi connectivity index (χ1n) is 10.5. The van der Waals surface area contributed by atoms with Gasteiger partial charge in [-0.15, -0.1) is 0 Å². The van der Waals surface area contributed by atoms with E-state index in [1.54, 1.807) is 50.3 Å². The average molecular weight is 432 g/mol. The number of benzene rings is 1. The van der Waals surface area contributed by atoms with Crippen LogP contribution in [0, 0.1) is 6.92 Å². The standard InChI is InChI=1S/C22H29N3O4S/c1-3-21(26)23-22-16(2)24-29-20(22)15-12-17-10-13-19(14-11-17)30(27,28)25-18-8-6-4-5-7-9-18/h10-15,18,25H,3-9H2,1-2H3,(H,23,26)/b15-12-. The fourth-order valence-corrected chi connectivity index (χ4v) is 4.80. The maximum absolute atomic E-state index is 12.7. The van der Waals surface area contributed by atoms with Crippen LogP contribution in [0.15, 0.2) is 33.7 Å². The molecule has 0 bridgehead atoms. The second kappa shape index (κ2) is 10.0. The van der Waals surface area contributed by atoms with Gasteiger partial charge in [-0.25, -0.2) is 13.1 Å². The molecule has 2 N–H and O–H groups in total. The molecular weight excluding hydrogens is 402 g/mol. The number of aromatic nitrogens is 1. The van der Waals surface area contributed by atoms with Gasteiger partial charge in [-0.3, -0.25) is 4.79 Å². The van der Waals surface area contributed by atoms with E-state index in [0.717, 1.165) is 31.2 Å². The molecule has 8 heteroatoms. The monoisotopic (exact) mass is 431 g/mol. The lowest BCUT2D eigenvalue weighted by molar-refractivity contribution is -0.115. The summed E-state index contributed by atoms with van der Waals surface area (Å²) in [5.74, 6) is 0.327. The molecule has 0 radical (unpaired) electrons. The van der Waals surface area contributed by atoms with E-state index in [2.05, 4.69) is 15.2 Å². The summed E-state index contributed by atoms with van der Waals surface area (Å²) in [7, 11) is -3.53. The third kappa shape index (κ3) is 5.79. The lowest BCUT2D eigenvalue weighted by atomic mass is 10.1. The minimum Gasteiger partial charge on any atom is -0.354 e. The zero-order valence-corrected chi connectivity index (χ0v) is 18.3. The lowest BCUT2D eigenvalue weighted by Gasteiger charge is -2.16. The molecule has 1 aliphatic rings. The Hall–Kier alpha value is -2.45. The summed E-state index contributed by atoms with van der Waals surface area (Å²) >= 11 is 0. The summed E-state index contributed by atoms with van der Waals surface area (Å²) < 4.78 is 33.5. The highest BCUT2D eigenvalue weighted by atomic mass is 32.2. The van der Waals surface area contributed by atoms with Crippen molar-refractivity contribution in [2.24, 2.45) is 0 Å². The van der Waals surface area contributed by atoms with Gasteiger partial charge >= 0.3 is 0 Å². The molecule has 1 aliphatic carbocycles. The third-order valence-electron chi connectivity index (χ3n) is 5.27. The number of nitrogens with one attached hydrogen (secondary N) is 2. The minimum absolute atomic E-state index is 0.0171. The van der Waals surface area contributed by atoms with Crippen LogP contribution in [0.2, 0.25) is 0 Å². The molecule has 0 unspecified atom stereocenters. The number of sulfonamides is 1. The zero-order chi connectivity index (χ0) is 21.6. The molecule has 1 fully saturated rings. The fourth-order valence-electron chi connectivity index (χ4n) is 3.50. The zero-order valence-electron chi connectivity index (χ0n) is 17.5. The van der Waals surface area contributed by atoms with Crippen LogP contribution in [0.3, 0.4) is 0 Å². The average Bonchev–Trinajstić information content (AvgIpc) is 2.91. The molecule has 30 heavy (non-hydrogen) atoms. The Morgan fingerprint density at radius 1 is 1.13 bits per heavy atom. The van der Waals surface area contributed by atoms with Crippen LogP contribution in [0.5, 0.6) is 0 Å². The Kier molecular flexibility index (Phi) is 7.44. The van der Waals surface area contributed by atoms with Gasteiger partial charge in [-0.1, -0.05) is 56.0 Å². The second-order valence-corrected chi connectivity index (χ2v) is 9.34.